The number of carbonyl (C=O) groups is 1. The summed E-state index contributed by atoms with van der Waals surface area (Å²) in [6.45, 7) is 6.74. The number of esters is 1. The van der Waals surface area contributed by atoms with Gasteiger partial charge in [-0.15, -0.1) is 11.3 Å². The molecular formula is C19H22N4O3S. The topological polar surface area (TPSA) is 81.4 Å². The molecule has 2 heterocycles. The average Bonchev–Trinajstić information content (AvgIpc) is 3.26. The number of nitrogens with zero attached hydrogens (tertiary/aromatic N) is 4. The van der Waals surface area contributed by atoms with Crippen LogP contribution in [0.25, 0.3) is 11.4 Å². The summed E-state index contributed by atoms with van der Waals surface area (Å²) in [5.41, 5.74) is 2.34. The molecule has 0 amide bonds. The van der Waals surface area contributed by atoms with Crippen LogP contribution in [0, 0.1) is 13.8 Å². The molecule has 7 nitrogen and oxygen atoms in total. The third-order valence-electron chi connectivity index (χ3n) is 4.41. The van der Waals surface area contributed by atoms with E-state index in [4.69, 9.17) is 9.26 Å². The quantitative estimate of drug-likeness (QED) is 0.596. The van der Waals surface area contributed by atoms with Crippen LogP contribution in [0.3, 0.4) is 0 Å². The van der Waals surface area contributed by atoms with Crippen LogP contribution in [0.1, 0.15) is 44.8 Å². The molecule has 0 N–H and O–H groups in total. The molecule has 142 valence electrons. The summed E-state index contributed by atoms with van der Waals surface area (Å²) in [7, 11) is 3.36. The van der Waals surface area contributed by atoms with Crippen LogP contribution in [0.2, 0.25) is 0 Å². The van der Waals surface area contributed by atoms with Crippen molar-refractivity contribution in [2.75, 3.05) is 14.2 Å². The molecule has 1 atom stereocenters. The van der Waals surface area contributed by atoms with E-state index in [1.54, 1.807) is 35.6 Å². The number of methoxy groups -OCH3 is 1. The molecule has 0 aliphatic heterocycles. The van der Waals surface area contributed by atoms with Gasteiger partial charge in [0.25, 0.3) is 0 Å². The molecule has 0 saturated heterocycles. The predicted molar refractivity (Wildman–Crippen MR) is 103 cm³/mol. The van der Waals surface area contributed by atoms with Gasteiger partial charge in [0.05, 0.1) is 36.0 Å². The first-order valence-electron chi connectivity index (χ1n) is 8.54. The Morgan fingerprint density at radius 1 is 1.26 bits per heavy atom. The number of thiazole rings is 1. The zero-order valence-corrected chi connectivity index (χ0v) is 16.8. The number of benzene rings is 1. The highest BCUT2D eigenvalue weighted by Crippen LogP contribution is 2.27. The zero-order valence-electron chi connectivity index (χ0n) is 16.0. The van der Waals surface area contributed by atoms with Gasteiger partial charge >= 0.3 is 5.97 Å². The van der Waals surface area contributed by atoms with Crippen LogP contribution < -0.4 is 0 Å². The number of rotatable bonds is 6. The van der Waals surface area contributed by atoms with E-state index in [2.05, 4.69) is 33.9 Å². The van der Waals surface area contributed by atoms with Gasteiger partial charge in [0.2, 0.25) is 11.7 Å². The van der Waals surface area contributed by atoms with Gasteiger partial charge in [0.15, 0.2) is 0 Å². The third-order valence-corrected chi connectivity index (χ3v) is 5.32. The highest BCUT2D eigenvalue weighted by atomic mass is 32.1. The Labute approximate surface area is 162 Å². The molecule has 3 aromatic rings. The maximum atomic E-state index is 11.5. The summed E-state index contributed by atoms with van der Waals surface area (Å²) in [6, 6.07) is 7.05. The second kappa shape index (κ2) is 7.98. The van der Waals surface area contributed by atoms with Crippen LogP contribution in [-0.4, -0.2) is 40.2 Å². The summed E-state index contributed by atoms with van der Waals surface area (Å²) >= 11 is 1.71. The fourth-order valence-electron chi connectivity index (χ4n) is 2.80. The Bertz CT molecular complexity index is 933. The van der Waals surface area contributed by atoms with Gasteiger partial charge < -0.3 is 9.26 Å². The Morgan fingerprint density at radius 2 is 1.96 bits per heavy atom. The van der Waals surface area contributed by atoms with Crippen molar-refractivity contribution in [1.29, 1.82) is 0 Å². The molecule has 0 radical (unpaired) electrons. The zero-order chi connectivity index (χ0) is 19.6. The minimum atomic E-state index is -0.376. The molecule has 2 aromatic heterocycles. The second-order valence-corrected chi connectivity index (χ2v) is 7.75. The number of hydrogen-bond acceptors (Lipinski definition) is 8. The minimum absolute atomic E-state index is 0.143. The van der Waals surface area contributed by atoms with Crippen molar-refractivity contribution >= 4 is 17.3 Å². The van der Waals surface area contributed by atoms with Gasteiger partial charge in [0.1, 0.15) is 0 Å². The largest absolute Gasteiger partial charge is 0.465 e. The fraction of sp³-hybridized carbons (Fsp3) is 0.368. The number of aromatic nitrogens is 3. The molecular weight excluding hydrogens is 364 g/mol. The Hall–Kier alpha value is -2.58. The third kappa shape index (κ3) is 4.23. The summed E-state index contributed by atoms with van der Waals surface area (Å²) in [4.78, 5) is 24.0. The first-order valence-corrected chi connectivity index (χ1v) is 9.36. The predicted octanol–water partition coefficient (Wildman–Crippen LogP) is 3.79. The Kier molecular flexibility index (Phi) is 5.67. The first-order chi connectivity index (χ1) is 12.9. The lowest BCUT2D eigenvalue weighted by molar-refractivity contribution is 0.0601. The maximum Gasteiger partial charge on any atom is 0.337 e. The second-order valence-electron chi connectivity index (χ2n) is 6.35. The van der Waals surface area contributed by atoms with Crippen molar-refractivity contribution < 1.29 is 14.1 Å². The van der Waals surface area contributed by atoms with Crippen molar-refractivity contribution in [3.8, 4) is 11.4 Å². The average molecular weight is 386 g/mol. The van der Waals surface area contributed by atoms with E-state index in [-0.39, 0.29) is 12.0 Å². The Morgan fingerprint density at radius 3 is 2.56 bits per heavy atom. The van der Waals surface area contributed by atoms with Crippen molar-refractivity contribution in [2.45, 2.75) is 33.4 Å². The van der Waals surface area contributed by atoms with E-state index < -0.39 is 0 Å². The van der Waals surface area contributed by atoms with E-state index >= 15 is 0 Å². The standard InChI is InChI=1S/C19H22N4O3S/c1-11(17-12(2)27-13(3)20-17)23(4)10-16-21-18(22-26-16)14-6-8-15(9-7-14)19(24)25-5/h6-9,11H,10H2,1-5H3/t11-/m1/s1. The van der Waals surface area contributed by atoms with Crippen LogP contribution >= 0.6 is 11.3 Å². The normalized spacial score (nSPS) is 12.4. The maximum absolute atomic E-state index is 11.5. The fourth-order valence-corrected chi connectivity index (χ4v) is 3.71. The molecule has 0 aliphatic rings. The molecule has 0 unspecified atom stereocenters. The molecule has 0 bridgehead atoms. The molecule has 1 aromatic carbocycles. The minimum Gasteiger partial charge on any atom is -0.465 e. The van der Waals surface area contributed by atoms with Gasteiger partial charge in [0, 0.05) is 10.4 Å². The van der Waals surface area contributed by atoms with E-state index in [1.165, 1.54) is 12.0 Å². The van der Waals surface area contributed by atoms with E-state index in [1.807, 2.05) is 14.0 Å². The van der Waals surface area contributed by atoms with Crippen molar-refractivity contribution in [3.63, 3.8) is 0 Å². The van der Waals surface area contributed by atoms with Gasteiger partial charge in [-0.1, -0.05) is 17.3 Å². The Balaban J connectivity index is 1.70. The van der Waals surface area contributed by atoms with Crippen LogP contribution in [0.15, 0.2) is 28.8 Å². The van der Waals surface area contributed by atoms with Crippen LogP contribution in [0.5, 0.6) is 0 Å². The monoisotopic (exact) mass is 386 g/mol. The number of carbonyl (C=O) groups excluding carboxylic acids is 1. The molecule has 0 fully saturated rings. The van der Waals surface area contributed by atoms with E-state index in [9.17, 15) is 4.79 Å². The number of aryl methyl sites for hydroxylation is 2. The van der Waals surface area contributed by atoms with Crippen LogP contribution in [0.4, 0.5) is 0 Å². The lowest BCUT2D eigenvalue weighted by Crippen LogP contribution is -2.23. The molecule has 8 heteroatoms. The van der Waals surface area contributed by atoms with Crippen molar-refractivity contribution in [3.05, 3.63) is 51.3 Å². The summed E-state index contributed by atoms with van der Waals surface area (Å²) in [5, 5.41) is 5.11. The smallest absolute Gasteiger partial charge is 0.337 e. The lowest BCUT2D eigenvalue weighted by atomic mass is 10.1. The summed E-state index contributed by atoms with van der Waals surface area (Å²) < 4.78 is 10.1. The highest BCUT2D eigenvalue weighted by Gasteiger charge is 2.20. The summed E-state index contributed by atoms with van der Waals surface area (Å²) in [5.74, 6) is 0.641. The van der Waals surface area contributed by atoms with Crippen molar-refractivity contribution in [2.24, 2.45) is 0 Å². The first kappa shape index (κ1) is 19.2. The molecule has 0 aliphatic carbocycles. The highest BCUT2D eigenvalue weighted by molar-refractivity contribution is 7.11. The van der Waals surface area contributed by atoms with E-state index in [0.29, 0.717) is 23.8 Å². The summed E-state index contributed by atoms with van der Waals surface area (Å²) in [6.07, 6.45) is 0. The SMILES string of the molecule is COC(=O)c1ccc(-c2noc(CN(C)[C@H](C)c3nc(C)sc3C)n2)cc1. The molecule has 3 rings (SSSR count). The van der Waals surface area contributed by atoms with Gasteiger partial charge in [-0.2, -0.15) is 4.98 Å². The number of hydrogen-bond donors (Lipinski definition) is 0. The van der Waals surface area contributed by atoms with E-state index in [0.717, 1.165) is 16.3 Å². The molecule has 0 spiro atoms. The van der Waals surface area contributed by atoms with Crippen molar-refractivity contribution in [1.82, 2.24) is 20.0 Å². The molecule has 0 saturated carbocycles. The van der Waals surface area contributed by atoms with Gasteiger partial charge in [-0.3, -0.25) is 4.90 Å². The molecule has 27 heavy (non-hydrogen) atoms. The van der Waals surface area contributed by atoms with Gasteiger partial charge in [-0.05, 0) is 40.0 Å². The number of ether oxygens (including phenoxy) is 1. The lowest BCUT2D eigenvalue weighted by Gasteiger charge is -2.22. The van der Waals surface area contributed by atoms with Crippen LogP contribution in [-0.2, 0) is 11.3 Å². The van der Waals surface area contributed by atoms with Gasteiger partial charge in [-0.25, -0.2) is 9.78 Å².